The molecule has 0 atom stereocenters. The summed E-state index contributed by atoms with van der Waals surface area (Å²) in [6.07, 6.45) is 1.43. The van der Waals surface area contributed by atoms with Gasteiger partial charge in [-0.2, -0.15) is 5.10 Å². The van der Waals surface area contributed by atoms with Crippen molar-refractivity contribution in [3.05, 3.63) is 30.7 Å². The molecular formula is C10H8N4O. The van der Waals surface area contributed by atoms with Crippen LogP contribution in [0.1, 0.15) is 0 Å². The van der Waals surface area contributed by atoms with Crippen LogP contribution in [0.4, 0.5) is 5.82 Å². The van der Waals surface area contributed by atoms with E-state index in [2.05, 4.69) is 15.2 Å². The third-order valence-corrected chi connectivity index (χ3v) is 2.24. The van der Waals surface area contributed by atoms with E-state index in [9.17, 15) is 0 Å². The number of benzene rings is 1. The molecule has 0 radical (unpaired) electrons. The molecule has 2 aromatic heterocycles. The molecule has 3 rings (SSSR count). The van der Waals surface area contributed by atoms with Crippen molar-refractivity contribution in [2.75, 3.05) is 5.73 Å². The molecule has 0 saturated carbocycles. The lowest BCUT2D eigenvalue weighted by Crippen LogP contribution is -1.81. The summed E-state index contributed by atoms with van der Waals surface area (Å²) in [5.41, 5.74) is 8.98. The van der Waals surface area contributed by atoms with Crippen LogP contribution in [0.15, 0.2) is 35.1 Å². The zero-order chi connectivity index (χ0) is 10.3. The van der Waals surface area contributed by atoms with Crippen LogP contribution in [-0.2, 0) is 0 Å². The molecule has 0 saturated heterocycles. The number of aromatic nitrogens is 3. The lowest BCUT2D eigenvalue weighted by atomic mass is 10.1. The van der Waals surface area contributed by atoms with E-state index < -0.39 is 0 Å². The van der Waals surface area contributed by atoms with E-state index in [1.807, 2.05) is 18.2 Å². The van der Waals surface area contributed by atoms with Crippen LogP contribution in [0.3, 0.4) is 0 Å². The van der Waals surface area contributed by atoms with Gasteiger partial charge in [0.2, 0.25) is 0 Å². The number of nitrogens with one attached hydrogen (secondary N) is 1. The van der Waals surface area contributed by atoms with Gasteiger partial charge < -0.3 is 10.2 Å². The molecule has 3 N–H and O–H groups in total. The van der Waals surface area contributed by atoms with Crippen molar-refractivity contribution in [1.82, 2.24) is 15.2 Å². The Morgan fingerprint density at radius 3 is 3.00 bits per heavy atom. The number of nitrogens with two attached hydrogens (primary N) is 1. The zero-order valence-corrected chi connectivity index (χ0v) is 7.77. The largest absolute Gasteiger partial charge is 0.443 e. The van der Waals surface area contributed by atoms with Gasteiger partial charge in [0.1, 0.15) is 11.3 Å². The van der Waals surface area contributed by atoms with Crippen molar-refractivity contribution in [2.24, 2.45) is 0 Å². The van der Waals surface area contributed by atoms with Crippen molar-refractivity contribution in [2.45, 2.75) is 0 Å². The van der Waals surface area contributed by atoms with Gasteiger partial charge in [0.25, 0.3) is 0 Å². The molecular weight excluding hydrogens is 192 g/mol. The van der Waals surface area contributed by atoms with Crippen LogP contribution in [0.2, 0.25) is 0 Å². The van der Waals surface area contributed by atoms with E-state index >= 15 is 0 Å². The van der Waals surface area contributed by atoms with Gasteiger partial charge in [-0.25, -0.2) is 4.98 Å². The summed E-state index contributed by atoms with van der Waals surface area (Å²) in [5.74, 6) is 0.477. The minimum atomic E-state index is 0.477. The summed E-state index contributed by atoms with van der Waals surface area (Å²) in [7, 11) is 0. The Bertz CT molecular complexity index is 610. The predicted octanol–water partition coefficient (Wildman–Crippen LogP) is 1.80. The van der Waals surface area contributed by atoms with E-state index in [-0.39, 0.29) is 0 Å². The fourth-order valence-electron chi connectivity index (χ4n) is 1.51. The summed E-state index contributed by atoms with van der Waals surface area (Å²) in [6.45, 7) is 0. The van der Waals surface area contributed by atoms with Crippen LogP contribution < -0.4 is 5.73 Å². The van der Waals surface area contributed by atoms with Gasteiger partial charge in [0.05, 0.1) is 5.69 Å². The predicted molar refractivity (Wildman–Crippen MR) is 56.0 cm³/mol. The van der Waals surface area contributed by atoms with Gasteiger partial charge in [-0.3, -0.25) is 5.10 Å². The third kappa shape index (κ3) is 1.25. The maximum absolute atomic E-state index is 5.53. The quantitative estimate of drug-likeness (QED) is 0.627. The lowest BCUT2D eigenvalue weighted by molar-refractivity contribution is 0.602. The van der Waals surface area contributed by atoms with E-state index in [0.717, 1.165) is 22.4 Å². The summed E-state index contributed by atoms with van der Waals surface area (Å²) in [6, 6.07) is 7.50. The monoisotopic (exact) mass is 200 g/mol. The molecule has 3 aromatic rings. The first kappa shape index (κ1) is 8.05. The molecule has 0 aliphatic heterocycles. The highest BCUT2D eigenvalue weighted by Crippen LogP contribution is 2.22. The lowest BCUT2D eigenvalue weighted by Gasteiger charge is -1.95. The minimum Gasteiger partial charge on any atom is -0.443 e. The molecule has 5 nitrogen and oxygen atoms in total. The van der Waals surface area contributed by atoms with Crippen LogP contribution in [0, 0.1) is 0 Å². The van der Waals surface area contributed by atoms with Crippen LogP contribution >= 0.6 is 0 Å². The molecule has 15 heavy (non-hydrogen) atoms. The maximum atomic E-state index is 5.53. The number of rotatable bonds is 1. The highest BCUT2D eigenvalue weighted by molar-refractivity contribution is 5.79. The smallest absolute Gasteiger partial charge is 0.181 e. The Balaban J connectivity index is 2.18. The van der Waals surface area contributed by atoms with Crippen LogP contribution in [-0.4, -0.2) is 15.2 Å². The van der Waals surface area contributed by atoms with E-state index in [1.165, 1.54) is 6.39 Å². The van der Waals surface area contributed by atoms with E-state index in [4.69, 9.17) is 10.2 Å². The van der Waals surface area contributed by atoms with Crippen LogP contribution in [0.25, 0.3) is 22.4 Å². The van der Waals surface area contributed by atoms with Gasteiger partial charge in [0, 0.05) is 11.6 Å². The number of H-pyrrole nitrogens is 1. The number of nitrogens with zero attached hydrogens (tertiary/aromatic N) is 2. The number of hydrogen-bond donors (Lipinski definition) is 2. The zero-order valence-electron chi connectivity index (χ0n) is 7.77. The fraction of sp³-hybridized carbons (Fsp3) is 0. The molecule has 5 heteroatoms. The van der Waals surface area contributed by atoms with E-state index in [0.29, 0.717) is 5.82 Å². The van der Waals surface area contributed by atoms with Gasteiger partial charge in [0.15, 0.2) is 12.0 Å². The topological polar surface area (TPSA) is 80.7 Å². The Morgan fingerprint density at radius 2 is 2.20 bits per heavy atom. The second-order valence-electron chi connectivity index (χ2n) is 3.24. The number of hydrogen-bond acceptors (Lipinski definition) is 4. The highest BCUT2D eigenvalue weighted by Gasteiger charge is 2.04. The van der Waals surface area contributed by atoms with Crippen molar-refractivity contribution in [3.8, 4) is 11.3 Å². The van der Waals surface area contributed by atoms with Gasteiger partial charge in [-0.15, -0.1) is 0 Å². The molecule has 0 spiro atoms. The Labute approximate surface area is 84.9 Å². The Kier molecular flexibility index (Phi) is 1.53. The second-order valence-corrected chi connectivity index (χ2v) is 3.24. The normalized spacial score (nSPS) is 10.9. The second kappa shape index (κ2) is 2.84. The van der Waals surface area contributed by atoms with Crippen LogP contribution in [0.5, 0.6) is 0 Å². The number of anilines is 1. The van der Waals surface area contributed by atoms with Crippen molar-refractivity contribution >= 4 is 16.9 Å². The fourth-order valence-corrected chi connectivity index (χ4v) is 1.51. The molecule has 2 heterocycles. The summed E-state index contributed by atoms with van der Waals surface area (Å²) in [4.78, 5) is 4.08. The molecule has 0 unspecified atom stereocenters. The molecule has 74 valence electrons. The maximum Gasteiger partial charge on any atom is 0.181 e. The first-order valence-electron chi connectivity index (χ1n) is 4.47. The van der Waals surface area contributed by atoms with Gasteiger partial charge in [-0.1, -0.05) is 0 Å². The highest BCUT2D eigenvalue weighted by atomic mass is 16.3. The van der Waals surface area contributed by atoms with Crippen molar-refractivity contribution < 1.29 is 4.42 Å². The van der Waals surface area contributed by atoms with Gasteiger partial charge in [-0.05, 0) is 18.2 Å². The molecule has 0 amide bonds. The number of fused-ring (bicyclic) bond motifs is 1. The summed E-state index contributed by atoms with van der Waals surface area (Å²) < 4.78 is 5.15. The SMILES string of the molecule is Nc1cc(-c2ccc3ocnc3c2)[nH]n1. The molecule has 0 bridgehead atoms. The van der Waals surface area contributed by atoms with E-state index in [1.54, 1.807) is 6.07 Å². The average molecular weight is 200 g/mol. The Morgan fingerprint density at radius 1 is 1.27 bits per heavy atom. The number of nitrogen functional groups attached to an aromatic ring is 1. The molecule has 0 fully saturated rings. The number of aromatic amines is 1. The first-order chi connectivity index (χ1) is 7.33. The first-order valence-corrected chi connectivity index (χ1v) is 4.47. The molecule has 0 aliphatic carbocycles. The molecule has 1 aromatic carbocycles. The number of oxazole rings is 1. The standard InChI is InChI=1S/C10H8N4O/c11-10-4-7(13-14-10)6-1-2-9-8(3-6)12-5-15-9/h1-5H,(H3,11,13,14). The van der Waals surface area contributed by atoms with Crippen molar-refractivity contribution in [1.29, 1.82) is 0 Å². The van der Waals surface area contributed by atoms with Crippen molar-refractivity contribution in [3.63, 3.8) is 0 Å². The third-order valence-electron chi connectivity index (χ3n) is 2.24. The summed E-state index contributed by atoms with van der Waals surface area (Å²) >= 11 is 0. The summed E-state index contributed by atoms with van der Waals surface area (Å²) in [5, 5.41) is 6.71. The molecule has 0 aliphatic rings. The average Bonchev–Trinajstić information content (AvgIpc) is 2.84. The minimum absolute atomic E-state index is 0.477. The van der Waals surface area contributed by atoms with Gasteiger partial charge >= 0.3 is 0 Å². The Hall–Kier alpha value is -2.30.